The van der Waals surface area contributed by atoms with Crippen LogP contribution in [0.2, 0.25) is 0 Å². The van der Waals surface area contributed by atoms with Gasteiger partial charge in [0.2, 0.25) is 0 Å². The van der Waals surface area contributed by atoms with E-state index < -0.39 is 6.10 Å². The highest BCUT2D eigenvalue weighted by molar-refractivity contribution is 7.11. The number of aromatic nitrogens is 3. The van der Waals surface area contributed by atoms with Crippen molar-refractivity contribution >= 4 is 17.2 Å². The maximum Gasteiger partial charge on any atom is 0.273 e. The fourth-order valence-corrected chi connectivity index (χ4v) is 2.81. The summed E-state index contributed by atoms with van der Waals surface area (Å²) in [5.41, 5.74) is 1.10. The molecule has 124 valence electrons. The minimum absolute atomic E-state index is 0.232. The van der Waals surface area contributed by atoms with E-state index in [2.05, 4.69) is 20.7 Å². The van der Waals surface area contributed by atoms with Gasteiger partial charge in [-0.15, -0.1) is 10.2 Å². The largest absolute Gasteiger partial charge is 0.386 e. The second kappa shape index (κ2) is 7.33. The fourth-order valence-electron chi connectivity index (χ4n) is 2.03. The molecule has 0 saturated carbocycles. The predicted molar refractivity (Wildman–Crippen MR) is 88.5 cm³/mol. The fraction of sp³-hybridized carbons (Fsp3) is 0.250. The van der Waals surface area contributed by atoms with Gasteiger partial charge < -0.3 is 14.9 Å². The van der Waals surface area contributed by atoms with Gasteiger partial charge in [-0.05, 0) is 6.92 Å². The molecule has 0 unspecified atom stereocenters. The van der Waals surface area contributed by atoms with E-state index in [0.29, 0.717) is 23.7 Å². The summed E-state index contributed by atoms with van der Waals surface area (Å²) in [7, 11) is 0. The first kappa shape index (κ1) is 16.3. The van der Waals surface area contributed by atoms with E-state index >= 15 is 0 Å². The number of aliphatic hydroxyl groups excluding tert-OH is 1. The molecule has 2 aromatic heterocycles. The van der Waals surface area contributed by atoms with E-state index in [-0.39, 0.29) is 11.6 Å². The molecule has 0 aliphatic rings. The maximum atomic E-state index is 12.1. The first-order chi connectivity index (χ1) is 11.6. The molecule has 0 aliphatic carbocycles. The van der Waals surface area contributed by atoms with Crippen LogP contribution in [0.25, 0.3) is 11.3 Å². The summed E-state index contributed by atoms with van der Waals surface area (Å²) < 4.78 is 5.21. The molecule has 8 heteroatoms. The second-order valence-corrected chi connectivity index (χ2v) is 6.25. The Labute approximate surface area is 142 Å². The number of benzene rings is 1. The van der Waals surface area contributed by atoms with Gasteiger partial charge in [0.1, 0.15) is 16.1 Å². The van der Waals surface area contributed by atoms with Gasteiger partial charge in [-0.25, -0.2) is 0 Å². The first-order valence-corrected chi connectivity index (χ1v) is 8.26. The number of hydrogen-bond donors (Lipinski definition) is 2. The number of rotatable bonds is 6. The molecule has 0 aliphatic heterocycles. The molecule has 1 aromatic carbocycles. The average Bonchev–Trinajstić information content (AvgIpc) is 3.25. The Morgan fingerprint density at radius 1 is 1.33 bits per heavy atom. The van der Waals surface area contributed by atoms with E-state index in [4.69, 9.17) is 4.52 Å². The number of nitrogens with one attached hydrogen (secondary N) is 1. The summed E-state index contributed by atoms with van der Waals surface area (Å²) in [6, 6.07) is 11.1. The Morgan fingerprint density at radius 2 is 2.12 bits per heavy atom. The molecule has 2 heterocycles. The average molecular weight is 344 g/mol. The van der Waals surface area contributed by atoms with Gasteiger partial charge in [0.05, 0.1) is 0 Å². The SMILES string of the molecule is C[C@@H](O)c1nnc(CCNC(=O)c2cc(-c3ccccc3)on2)s1. The zero-order chi connectivity index (χ0) is 16.9. The van der Waals surface area contributed by atoms with Crippen molar-refractivity contribution in [2.45, 2.75) is 19.4 Å². The van der Waals surface area contributed by atoms with Crippen molar-refractivity contribution in [3.05, 3.63) is 52.1 Å². The quantitative estimate of drug-likeness (QED) is 0.711. The van der Waals surface area contributed by atoms with Crippen LogP contribution in [0.3, 0.4) is 0 Å². The van der Waals surface area contributed by atoms with Gasteiger partial charge in [-0.3, -0.25) is 4.79 Å². The number of carbonyl (C=O) groups excluding carboxylic acids is 1. The van der Waals surface area contributed by atoms with Crippen molar-refractivity contribution in [2.24, 2.45) is 0 Å². The zero-order valence-corrected chi connectivity index (χ0v) is 13.8. The molecule has 0 radical (unpaired) electrons. The first-order valence-electron chi connectivity index (χ1n) is 7.44. The molecular weight excluding hydrogens is 328 g/mol. The monoisotopic (exact) mass is 344 g/mol. The normalized spacial score (nSPS) is 12.1. The van der Waals surface area contributed by atoms with Crippen LogP contribution < -0.4 is 5.32 Å². The minimum Gasteiger partial charge on any atom is -0.386 e. The molecule has 0 saturated heterocycles. The predicted octanol–water partition coefficient (Wildman–Crippen LogP) is 2.22. The smallest absolute Gasteiger partial charge is 0.273 e. The lowest BCUT2D eigenvalue weighted by Gasteiger charge is -1.99. The van der Waals surface area contributed by atoms with Gasteiger partial charge in [0, 0.05) is 24.6 Å². The third-order valence-electron chi connectivity index (χ3n) is 3.27. The Kier molecular flexibility index (Phi) is 4.97. The zero-order valence-electron chi connectivity index (χ0n) is 13.0. The summed E-state index contributed by atoms with van der Waals surface area (Å²) in [6.45, 7) is 2.04. The topological polar surface area (TPSA) is 101 Å². The summed E-state index contributed by atoms with van der Waals surface area (Å²) in [4.78, 5) is 12.1. The summed E-state index contributed by atoms with van der Waals surface area (Å²) in [5.74, 6) is 0.243. The lowest BCUT2D eigenvalue weighted by Crippen LogP contribution is -2.25. The van der Waals surface area contributed by atoms with Crippen molar-refractivity contribution in [3.8, 4) is 11.3 Å². The molecule has 0 spiro atoms. The van der Waals surface area contributed by atoms with Crippen LogP contribution in [-0.4, -0.2) is 32.9 Å². The van der Waals surface area contributed by atoms with Gasteiger partial charge in [0.25, 0.3) is 5.91 Å². The molecule has 3 rings (SSSR count). The lowest BCUT2D eigenvalue weighted by atomic mass is 10.1. The van der Waals surface area contributed by atoms with Crippen LogP contribution in [0.1, 0.15) is 33.5 Å². The highest BCUT2D eigenvalue weighted by Gasteiger charge is 2.14. The number of carbonyl (C=O) groups is 1. The van der Waals surface area contributed by atoms with Crippen LogP contribution in [0.5, 0.6) is 0 Å². The van der Waals surface area contributed by atoms with Crippen molar-refractivity contribution in [3.63, 3.8) is 0 Å². The van der Waals surface area contributed by atoms with Crippen LogP contribution in [0.4, 0.5) is 0 Å². The van der Waals surface area contributed by atoms with Crippen molar-refractivity contribution in [1.29, 1.82) is 0 Å². The van der Waals surface area contributed by atoms with Crippen LogP contribution >= 0.6 is 11.3 Å². The van der Waals surface area contributed by atoms with Crippen LogP contribution in [0.15, 0.2) is 40.9 Å². The Hall–Kier alpha value is -2.58. The highest BCUT2D eigenvalue weighted by atomic mass is 32.1. The minimum atomic E-state index is -0.627. The van der Waals surface area contributed by atoms with Crippen LogP contribution in [-0.2, 0) is 6.42 Å². The van der Waals surface area contributed by atoms with Gasteiger partial charge in [0.15, 0.2) is 11.5 Å². The van der Waals surface area contributed by atoms with Crippen LogP contribution in [0, 0.1) is 0 Å². The number of hydrogen-bond acceptors (Lipinski definition) is 7. The van der Waals surface area contributed by atoms with E-state index in [1.807, 2.05) is 30.3 Å². The summed E-state index contributed by atoms with van der Waals surface area (Å²) in [6.07, 6.45) is -0.0862. The number of nitrogens with zero attached hydrogens (tertiary/aromatic N) is 3. The lowest BCUT2D eigenvalue weighted by molar-refractivity contribution is 0.0945. The molecular formula is C16H16N4O3S. The van der Waals surface area contributed by atoms with Crippen molar-refractivity contribution in [1.82, 2.24) is 20.7 Å². The van der Waals surface area contributed by atoms with E-state index in [9.17, 15) is 9.90 Å². The molecule has 7 nitrogen and oxygen atoms in total. The molecule has 0 fully saturated rings. The van der Waals surface area contributed by atoms with Gasteiger partial charge >= 0.3 is 0 Å². The number of amides is 1. The van der Waals surface area contributed by atoms with E-state index in [1.54, 1.807) is 13.0 Å². The second-order valence-electron chi connectivity index (χ2n) is 5.16. The van der Waals surface area contributed by atoms with E-state index in [1.165, 1.54) is 11.3 Å². The molecule has 1 amide bonds. The molecule has 2 N–H and O–H groups in total. The number of aliphatic hydroxyl groups is 1. The van der Waals surface area contributed by atoms with E-state index in [0.717, 1.165) is 10.6 Å². The third-order valence-corrected chi connectivity index (χ3v) is 4.42. The Bertz CT molecular complexity index is 814. The Morgan fingerprint density at radius 3 is 2.83 bits per heavy atom. The van der Waals surface area contributed by atoms with Gasteiger partial charge in [-0.1, -0.05) is 46.8 Å². The maximum absolute atomic E-state index is 12.1. The van der Waals surface area contributed by atoms with Crippen molar-refractivity contribution < 1.29 is 14.4 Å². The Balaban J connectivity index is 1.54. The van der Waals surface area contributed by atoms with Crippen molar-refractivity contribution in [2.75, 3.05) is 6.54 Å². The third kappa shape index (κ3) is 3.84. The summed E-state index contributed by atoms with van der Waals surface area (Å²) >= 11 is 1.33. The molecule has 0 bridgehead atoms. The highest BCUT2D eigenvalue weighted by Crippen LogP contribution is 2.20. The van der Waals surface area contributed by atoms with Gasteiger partial charge in [-0.2, -0.15) is 0 Å². The molecule has 24 heavy (non-hydrogen) atoms. The standard InChI is InChI=1S/C16H16N4O3S/c1-10(21)16-19-18-14(24-16)7-8-17-15(22)12-9-13(23-20-12)11-5-3-2-4-6-11/h2-6,9-10,21H,7-8H2,1H3,(H,17,22)/t10-/m1/s1. The summed E-state index contributed by atoms with van der Waals surface area (Å²) in [5, 5.41) is 25.2. The molecule has 1 atom stereocenters. The molecule has 3 aromatic rings.